The first-order valence-electron chi connectivity index (χ1n) is 11.0. The number of likely N-dealkylation sites (tertiary alicyclic amines) is 2. The number of phosphoric acid groups is 2. The lowest BCUT2D eigenvalue weighted by molar-refractivity contribution is -0.000373. The van der Waals surface area contributed by atoms with E-state index in [1.165, 1.54) is 7.11 Å². The van der Waals surface area contributed by atoms with Gasteiger partial charge in [0, 0.05) is 44.4 Å². The van der Waals surface area contributed by atoms with Gasteiger partial charge in [-0.25, -0.2) is 9.13 Å². The first-order chi connectivity index (χ1) is 15.5. The molecule has 15 heteroatoms. The predicted molar refractivity (Wildman–Crippen MR) is 122 cm³/mol. The number of nitrogens with zero attached hydrogens (tertiary/aromatic N) is 2. The van der Waals surface area contributed by atoms with E-state index in [2.05, 4.69) is 10.6 Å². The maximum absolute atomic E-state index is 12.2. The third-order valence-electron chi connectivity index (χ3n) is 6.23. The van der Waals surface area contributed by atoms with Gasteiger partial charge in [-0.3, -0.25) is 27.9 Å². The van der Waals surface area contributed by atoms with E-state index >= 15 is 0 Å². The van der Waals surface area contributed by atoms with Crippen LogP contribution >= 0.6 is 15.6 Å². The van der Waals surface area contributed by atoms with Gasteiger partial charge in [0.05, 0.1) is 26.4 Å². The Morgan fingerprint density at radius 1 is 0.848 bits per heavy atom. The third kappa shape index (κ3) is 9.89. The number of rotatable bonds is 15. The van der Waals surface area contributed by atoms with Gasteiger partial charge in [-0.05, 0) is 41.0 Å². The van der Waals surface area contributed by atoms with Crippen LogP contribution in [0.15, 0.2) is 0 Å². The van der Waals surface area contributed by atoms with E-state index < -0.39 is 21.7 Å². The van der Waals surface area contributed by atoms with Crippen LogP contribution in [0.25, 0.3) is 0 Å². The Bertz CT molecular complexity index is 637. The van der Waals surface area contributed by atoms with Crippen molar-refractivity contribution in [1.29, 1.82) is 0 Å². The standard InChI is InChI=1S/C18H40N4O9P2/c1-19-14-6-16(21(3)8-14)10-28-32(23,24)30-12-18(27-5)13-31-33(25,26)29-11-17-7-15(20-2)9-22(17)4/h14-20H,6-13H2,1-5H3,(H,23,24)(H,25,26)/t14-,15+,16+,17-,18?. The Morgan fingerprint density at radius 2 is 1.24 bits per heavy atom. The molecule has 0 aromatic rings. The van der Waals surface area contributed by atoms with Crippen LogP contribution in [0.4, 0.5) is 0 Å². The van der Waals surface area contributed by atoms with Gasteiger partial charge in [-0.1, -0.05) is 0 Å². The largest absolute Gasteiger partial charge is 0.472 e. The Morgan fingerprint density at radius 3 is 1.55 bits per heavy atom. The molecular weight excluding hydrogens is 478 g/mol. The van der Waals surface area contributed by atoms with Gasteiger partial charge in [0.15, 0.2) is 0 Å². The Balaban J connectivity index is 1.70. The van der Waals surface area contributed by atoms with Gasteiger partial charge in [0.1, 0.15) is 6.10 Å². The number of methoxy groups -OCH3 is 1. The molecule has 7 atom stereocenters. The van der Waals surface area contributed by atoms with Crippen LogP contribution in [0.5, 0.6) is 0 Å². The Kier molecular flexibility index (Phi) is 11.8. The van der Waals surface area contributed by atoms with E-state index in [4.69, 9.17) is 22.8 Å². The molecule has 0 amide bonds. The van der Waals surface area contributed by atoms with Gasteiger partial charge in [-0.2, -0.15) is 0 Å². The van der Waals surface area contributed by atoms with Gasteiger partial charge < -0.3 is 25.2 Å². The number of hydrogen-bond donors (Lipinski definition) is 4. The highest BCUT2D eigenvalue weighted by Crippen LogP contribution is 2.46. The third-order valence-corrected chi connectivity index (χ3v) is 8.14. The van der Waals surface area contributed by atoms with E-state index in [1.54, 1.807) is 0 Å². The zero-order valence-corrected chi connectivity index (χ0v) is 21.9. The fraction of sp³-hybridized carbons (Fsp3) is 1.00. The molecule has 0 radical (unpaired) electrons. The zero-order chi connectivity index (χ0) is 24.6. The predicted octanol–water partition coefficient (Wildman–Crippen LogP) is -0.147. The molecule has 2 rings (SSSR count). The topological polar surface area (TPSA) is 151 Å². The molecular formula is C18H40N4O9P2. The fourth-order valence-electron chi connectivity index (χ4n) is 3.94. The summed E-state index contributed by atoms with van der Waals surface area (Å²) in [5.74, 6) is 0. The molecule has 2 saturated heterocycles. The molecule has 0 aliphatic carbocycles. The number of phosphoric ester groups is 2. The summed E-state index contributed by atoms with van der Waals surface area (Å²) in [4.78, 5) is 24.0. The average molecular weight is 518 g/mol. The average Bonchev–Trinajstić information content (AvgIpc) is 3.32. The molecule has 2 aliphatic heterocycles. The SMILES string of the molecule is CN[C@@H]1C[C@@H](COP(=O)(O)OCC(COP(=O)(O)OC[C@H]2C[C@H](NC)CN2C)OC)N(C)C1. The highest BCUT2D eigenvalue weighted by Gasteiger charge is 2.34. The number of ether oxygens (including phenoxy) is 1. The molecule has 13 nitrogen and oxygen atoms in total. The van der Waals surface area contributed by atoms with Crippen LogP contribution in [-0.2, 0) is 32.0 Å². The van der Waals surface area contributed by atoms with E-state index in [1.807, 2.05) is 38.0 Å². The number of hydrogen-bond acceptors (Lipinski definition) is 11. The van der Waals surface area contributed by atoms with Crippen LogP contribution in [0, 0.1) is 0 Å². The minimum Gasteiger partial charge on any atom is -0.377 e. The van der Waals surface area contributed by atoms with Crippen molar-refractivity contribution in [2.75, 3.05) is 74.8 Å². The minimum atomic E-state index is -4.33. The van der Waals surface area contributed by atoms with E-state index in [0.29, 0.717) is 12.1 Å². The van der Waals surface area contributed by atoms with Crippen LogP contribution < -0.4 is 10.6 Å². The summed E-state index contributed by atoms with van der Waals surface area (Å²) in [6.07, 6.45) is 0.711. The molecule has 0 aromatic heterocycles. The molecule has 4 N–H and O–H groups in total. The summed E-state index contributed by atoms with van der Waals surface area (Å²) in [6, 6.07) is 0.584. The van der Waals surface area contributed by atoms with E-state index in [9.17, 15) is 18.9 Å². The van der Waals surface area contributed by atoms with Gasteiger partial charge >= 0.3 is 15.6 Å². The van der Waals surface area contributed by atoms with Crippen molar-refractivity contribution in [3.63, 3.8) is 0 Å². The lowest BCUT2D eigenvalue weighted by atomic mass is 10.2. The second-order valence-corrected chi connectivity index (χ2v) is 11.5. The monoisotopic (exact) mass is 518 g/mol. The lowest BCUT2D eigenvalue weighted by Gasteiger charge is -2.23. The quantitative estimate of drug-likeness (QED) is 0.213. The van der Waals surface area contributed by atoms with Crippen molar-refractivity contribution in [3.05, 3.63) is 0 Å². The molecule has 3 unspecified atom stereocenters. The Hall–Kier alpha value is 0.0200. The summed E-state index contributed by atoms with van der Waals surface area (Å²) in [5.41, 5.74) is 0. The molecule has 0 saturated carbocycles. The summed E-state index contributed by atoms with van der Waals surface area (Å²) in [6.45, 7) is 1.00. The van der Waals surface area contributed by atoms with Crippen molar-refractivity contribution < 1.29 is 41.7 Å². The van der Waals surface area contributed by atoms with Crippen molar-refractivity contribution in [2.24, 2.45) is 0 Å². The second-order valence-electron chi connectivity index (χ2n) is 8.61. The molecule has 0 spiro atoms. The second kappa shape index (κ2) is 13.4. The van der Waals surface area contributed by atoms with Crippen LogP contribution in [0.3, 0.4) is 0 Å². The summed E-state index contributed by atoms with van der Waals surface area (Å²) in [5, 5.41) is 6.36. The van der Waals surface area contributed by atoms with Gasteiger partial charge in [0.2, 0.25) is 0 Å². The maximum atomic E-state index is 12.2. The lowest BCUT2D eigenvalue weighted by Crippen LogP contribution is -2.30. The molecule has 196 valence electrons. The normalized spacial score (nSPS) is 31.5. The first-order valence-corrected chi connectivity index (χ1v) is 14.0. The van der Waals surface area contributed by atoms with Crippen molar-refractivity contribution >= 4 is 15.6 Å². The number of nitrogens with one attached hydrogen (secondary N) is 2. The summed E-state index contributed by atoms with van der Waals surface area (Å²) < 4.78 is 49.8. The zero-order valence-electron chi connectivity index (χ0n) is 20.1. The molecule has 0 aromatic carbocycles. The van der Waals surface area contributed by atoms with Crippen LogP contribution in [0.1, 0.15) is 12.8 Å². The summed E-state index contributed by atoms with van der Waals surface area (Å²) in [7, 11) is 0.261. The van der Waals surface area contributed by atoms with E-state index in [0.717, 1.165) is 25.9 Å². The summed E-state index contributed by atoms with van der Waals surface area (Å²) >= 11 is 0. The number of likely N-dealkylation sites (N-methyl/N-ethyl adjacent to an activating group) is 4. The molecule has 33 heavy (non-hydrogen) atoms. The smallest absolute Gasteiger partial charge is 0.377 e. The van der Waals surface area contributed by atoms with Crippen molar-refractivity contribution in [3.8, 4) is 0 Å². The fourth-order valence-corrected chi connectivity index (χ4v) is 5.52. The van der Waals surface area contributed by atoms with Crippen LogP contribution in [0.2, 0.25) is 0 Å². The molecule has 2 fully saturated rings. The van der Waals surface area contributed by atoms with Crippen LogP contribution in [-0.4, -0.2) is 125 Å². The van der Waals surface area contributed by atoms with Gasteiger partial charge in [-0.15, -0.1) is 0 Å². The molecule has 2 aliphatic rings. The maximum Gasteiger partial charge on any atom is 0.472 e. The molecule has 0 bridgehead atoms. The molecule has 2 heterocycles. The highest BCUT2D eigenvalue weighted by molar-refractivity contribution is 7.47. The first kappa shape index (κ1) is 29.3. The van der Waals surface area contributed by atoms with Crippen molar-refractivity contribution in [1.82, 2.24) is 20.4 Å². The Labute approximate surface area is 196 Å². The van der Waals surface area contributed by atoms with E-state index in [-0.39, 0.29) is 38.5 Å². The highest BCUT2D eigenvalue weighted by atomic mass is 31.2. The van der Waals surface area contributed by atoms with Crippen molar-refractivity contribution in [2.45, 2.75) is 43.1 Å². The van der Waals surface area contributed by atoms with Gasteiger partial charge in [0.25, 0.3) is 0 Å². The minimum absolute atomic E-state index is 0.00667.